The summed E-state index contributed by atoms with van der Waals surface area (Å²) >= 11 is 15.3. The quantitative estimate of drug-likeness (QED) is 0.0795. The van der Waals surface area contributed by atoms with Gasteiger partial charge in [0.2, 0.25) is 0 Å². The van der Waals surface area contributed by atoms with E-state index in [1.54, 1.807) is 73.2 Å². The number of halogens is 3. The highest BCUT2D eigenvalue weighted by Gasteiger charge is 2.26. The summed E-state index contributed by atoms with van der Waals surface area (Å²) in [5.74, 6) is -0.418. The Balaban J connectivity index is 0.000000109. The first-order valence-corrected chi connectivity index (χ1v) is 44.7. The summed E-state index contributed by atoms with van der Waals surface area (Å²) in [6, 6.07) is 61.7. The molecule has 9 aromatic heterocycles. The Morgan fingerprint density at radius 3 is 1.25 bits per heavy atom. The van der Waals surface area contributed by atoms with Gasteiger partial charge in [0.1, 0.15) is 54.8 Å². The molecular weight excluding hydrogens is 1710 g/mol. The van der Waals surface area contributed by atoms with Gasteiger partial charge in [-0.05, 0) is 178 Å². The highest BCUT2D eigenvalue weighted by Crippen LogP contribution is 2.38. The smallest absolute Gasteiger partial charge is 0.346 e. The van der Waals surface area contributed by atoms with Crippen molar-refractivity contribution < 1.29 is 31.3 Å². The van der Waals surface area contributed by atoms with E-state index >= 15 is 0 Å². The number of hydrogen-bond donors (Lipinski definition) is 5. The Kier molecular flexibility index (Phi) is 25.6. The van der Waals surface area contributed by atoms with Crippen LogP contribution in [0.3, 0.4) is 0 Å². The lowest BCUT2D eigenvalue weighted by Crippen LogP contribution is -2.54. The van der Waals surface area contributed by atoms with Crippen LogP contribution in [0, 0.1) is 5.82 Å². The van der Waals surface area contributed by atoms with E-state index in [2.05, 4.69) is 103 Å². The zero-order valence-electron chi connectivity index (χ0n) is 70.1. The number of aromatic amines is 1. The number of thiazole rings is 2. The van der Waals surface area contributed by atoms with Crippen molar-refractivity contribution in [3.05, 3.63) is 292 Å². The average molecular weight is 1790 g/mol. The van der Waals surface area contributed by atoms with E-state index in [0.717, 1.165) is 169 Å². The summed E-state index contributed by atoms with van der Waals surface area (Å²) < 4.78 is 43.1. The number of para-hydroxylation sites is 2. The van der Waals surface area contributed by atoms with Gasteiger partial charge in [0.25, 0.3) is 5.91 Å². The molecule has 14 heterocycles. The molecule has 0 bridgehead atoms. The lowest BCUT2D eigenvalue weighted by Gasteiger charge is -2.37. The van der Waals surface area contributed by atoms with E-state index in [0.29, 0.717) is 129 Å². The molecule has 5 fully saturated rings. The summed E-state index contributed by atoms with van der Waals surface area (Å²) in [7, 11) is 2.05. The van der Waals surface area contributed by atoms with E-state index in [1.807, 2.05) is 127 Å². The van der Waals surface area contributed by atoms with Crippen LogP contribution < -0.4 is 69.0 Å². The largest absolute Gasteiger partial charge is 0.422 e. The molecule has 5 aliphatic heterocycles. The van der Waals surface area contributed by atoms with Crippen molar-refractivity contribution >= 4 is 150 Å². The SMILES string of the molecule is CN1CCN(C(=O)c2ccc3cc(-c4nc5c(Cl)cccc5s4)c(=O)oc3c2)CC1.C[C@@H]1CN(c2ccc3cc(-c4nc5c(Cl)cccc5s4)c(=O)oc3c2)C[C@H](C)N1.O=c1oc2cc(N3CCNCC3)ccc2cc1-c1cccc(F)c1.O=c1oc2cc(N3CCNCC3)ccc2cc1-c1ccn[nH]1.O=c1oc2cc(N3CCNCC3)ccc2cc1-c1ccncc1. The van der Waals surface area contributed by atoms with Gasteiger partial charge in [-0.15, -0.1) is 22.7 Å². The molecular formula is C97H88Cl2FN15O11S2. The second-order valence-electron chi connectivity index (χ2n) is 32.0. The van der Waals surface area contributed by atoms with Crippen molar-refractivity contribution in [3.8, 4) is 54.7 Å². The number of benzene rings is 8. The predicted octanol–water partition coefficient (Wildman–Crippen LogP) is 15.9. The van der Waals surface area contributed by atoms with E-state index in [-0.39, 0.29) is 28.6 Å². The van der Waals surface area contributed by atoms with Crippen molar-refractivity contribution in [2.75, 3.05) is 144 Å². The van der Waals surface area contributed by atoms with Crippen LogP contribution in [0.4, 0.5) is 27.1 Å². The normalized spacial score (nSPS) is 16.2. The molecule has 650 valence electrons. The van der Waals surface area contributed by atoms with E-state index in [1.165, 1.54) is 34.8 Å². The number of nitrogens with zero attached hydrogens (tertiary/aromatic N) is 10. The number of aromatic nitrogens is 5. The molecule has 0 aliphatic carbocycles. The van der Waals surface area contributed by atoms with E-state index in [4.69, 9.17) is 45.3 Å². The molecule has 26 nitrogen and oxygen atoms in total. The second-order valence-corrected chi connectivity index (χ2v) is 34.9. The van der Waals surface area contributed by atoms with Crippen LogP contribution in [0.15, 0.2) is 265 Å². The maximum Gasteiger partial charge on any atom is 0.346 e. The number of H-pyrrole nitrogens is 1. The molecule has 5 saturated heterocycles. The highest BCUT2D eigenvalue weighted by atomic mass is 35.5. The molecule has 5 N–H and O–H groups in total. The minimum absolute atomic E-state index is 0.0439. The number of carbonyl (C=O) groups excluding carboxylic acids is 1. The number of amides is 1. The van der Waals surface area contributed by atoms with Crippen LogP contribution in [0.1, 0.15) is 24.2 Å². The number of hydrogen-bond acceptors (Lipinski definition) is 26. The van der Waals surface area contributed by atoms with Crippen molar-refractivity contribution in [2.24, 2.45) is 0 Å². The van der Waals surface area contributed by atoms with Gasteiger partial charge in [0.15, 0.2) is 0 Å². The Morgan fingerprint density at radius 2 is 0.812 bits per heavy atom. The third-order valence-electron chi connectivity index (χ3n) is 23.1. The maximum absolute atomic E-state index is 13.4. The molecule has 22 rings (SSSR count). The zero-order chi connectivity index (χ0) is 88.1. The molecule has 1 amide bonds. The van der Waals surface area contributed by atoms with Crippen molar-refractivity contribution in [1.82, 2.24) is 56.2 Å². The molecule has 5 aliphatic rings. The Labute approximate surface area is 749 Å². The first-order chi connectivity index (χ1) is 62.3. The number of anilines is 4. The summed E-state index contributed by atoms with van der Waals surface area (Å²) in [6.07, 6.45) is 4.96. The number of pyridine rings is 1. The van der Waals surface area contributed by atoms with Gasteiger partial charge >= 0.3 is 28.1 Å². The van der Waals surface area contributed by atoms with Gasteiger partial charge in [0, 0.05) is 228 Å². The Morgan fingerprint density at radius 1 is 0.414 bits per heavy atom. The fraction of sp³-hybridized carbons (Fsp3) is 0.237. The highest BCUT2D eigenvalue weighted by molar-refractivity contribution is 7.22. The molecule has 8 aromatic carbocycles. The van der Waals surface area contributed by atoms with E-state index < -0.39 is 11.3 Å². The molecule has 0 unspecified atom stereocenters. The first kappa shape index (κ1) is 85.7. The standard InChI is InChI=1S/C22H18ClN3O3S.C22H20ClN3O2S.C19H17FN2O2.C18H17N3O2.C16H16N4O2/c1-25-7-9-26(10-8-25)21(27)14-6-5-13-11-15(22(28)29-17(13)12-14)20-24-19-16(23)3-2-4-18(19)30-20;1-12-10-26(11-13(2)24-12)15-7-6-14-8-16(22(27)28-18(14)9-15)21-25-20-17(23)4-3-5-19(20)29-21;20-15-3-1-2-13(10-15)17-11-14-4-5-16(12-18(14)24-19(17)23)22-8-6-21-7-9-22;22-18-16(13-3-5-19-6-4-13)11-14-1-2-15(12-17(14)23-18)21-9-7-20-8-10-21;21-16-13(14-3-4-18-19-14)9-11-1-2-12(10-15(11)22-16)20-7-5-17-6-8-20/h2-6,11-12H,7-10H2,1H3;3-9,12-13,24H,10-11H2,1-2H3;1-5,10-12,21H,6-9H2;1-6,11-12,20H,7-10H2;1-4,9-10,17H,5-8H2,(H,18,19)/t;12-,13+;;;. The Hall–Kier alpha value is -13.1. The summed E-state index contributed by atoms with van der Waals surface area (Å²) in [4.78, 5) is 101. The summed E-state index contributed by atoms with van der Waals surface area (Å²) in [5, 5.41) is 26.8. The van der Waals surface area contributed by atoms with Crippen LogP contribution >= 0.6 is 45.9 Å². The second kappa shape index (κ2) is 38.2. The van der Waals surface area contributed by atoms with Crippen molar-refractivity contribution in [3.63, 3.8) is 0 Å². The van der Waals surface area contributed by atoms with E-state index in [9.17, 15) is 33.2 Å². The average Bonchev–Trinajstić information content (AvgIpc) is 1.48. The number of carbonyl (C=O) groups is 1. The minimum Gasteiger partial charge on any atom is -0.422 e. The third kappa shape index (κ3) is 19.3. The van der Waals surface area contributed by atoms with Crippen LogP contribution in [0.5, 0.6) is 0 Å². The molecule has 0 radical (unpaired) electrons. The summed E-state index contributed by atoms with van der Waals surface area (Å²) in [6.45, 7) is 20.8. The Bertz CT molecular complexity index is 7280. The zero-order valence-corrected chi connectivity index (χ0v) is 73.2. The lowest BCUT2D eigenvalue weighted by molar-refractivity contribution is 0.0664. The number of piperazine rings is 5. The van der Waals surface area contributed by atoms with Gasteiger partial charge in [-0.25, -0.2) is 38.3 Å². The topological polar surface area (TPSA) is 303 Å². The fourth-order valence-electron chi connectivity index (χ4n) is 16.5. The molecule has 0 spiro atoms. The molecule has 0 saturated carbocycles. The van der Waals surface area contributed by atoms with Gasteiger partial charge in [-0.2, -0.15) is 5.10 Å². The predicted molar refractivity (Wildman–Crippen MR) is 509 cm³/mol. The van der Waals surface area contributed by atoms with Crippen molar-refractivity contribution in [2.45, 2.75) is 25.9 Å². The van der Waals surface area contributed by atoms with Gasteiger partial charge in [0.05, 0.1) is 53.0 Å². The van der Waals surface area contributed by atoms with Crippen LogP contribution in [0.2, 0.25) is 10.0 Å². The van der Waals surface area contributed by atoms with Gasteiger partial charge in [-0.3, -0.25) is 14.9 Å². The van der Waals surface area contributed by atoms with Crippen LogP contribution in [-0.4, -0.2) is 178 Å². The summed E-state index contributed by atoms with van der Waals surface area (Å²) in [5.41, 5.74) is 11.3. The molecule has 2 atom stereocenters. The van der Waals surface area contributed by atoms with Gasteiger partial charge < -0.3 is 72.8 Å². The van der Waals surface area contributed by atoms with Gasteiger partial charge in [-0.1, -0.05) is 53.5 Å². The third-order valence-corrected chi connectivity index (χ3v) is 25.9. The van der Waals surface area contributed by atoms with Crippen molar-refractivity contribution in [1.29, 1.82) is 0 Å². The number of nitrogens with one attached hydrogen (secondary N) is 5. The maximum atomic E-state index is 13.4. The molecule has 128 heavy (non-hydrogen) atoms. The first-order valence-electron chi connectivity index (χ1n) is 42.3. The minimum atomic E-state index is -0.484. The lowest BCUT2D eigenvalue weighted by atomic mass is 10.1. The van der Waals surface area contributed by atoms with Crippen LogP contribution in [0.25, 0.3) is 130 Å². The fourth-order valence-corrected chi connectivity index (χ4v) is 19.0. The monoisotopic (exact) mass is 1790 g/mol. The number of rotatable bonds is 10. The van der Waals surface area contributed by atoms with Crippen LogP contribution in [-0.2, 0) is 0 Å². The number of likely N-dealkylation sites (N-methyl/N-ethyl adjacent to an activating group) is 1. The molecule has 31 heteroatoms. The number of fused-ring (bicyclic) bond motifs is 7. The molecule has 17 aromatic rings.